The van der Waals surface area contributed by atoms with E-state index in [1.807, 2.05) is 4.90 Å². The van der Waals surface area contributed by atoms with Gasteiger partial charge in [-0.05, 0) is 12.1 Å². The Labute approximate surface area is 208 Å². The van der Waals surface area contributed by atoms with Crippen molar-refractivity contribution < 1.29 is 8.78 Å². The third-order valence-corrected chi connectivity index (χ3v) is 6.63. The number of hydrogen-bond acceptors (Lipinski definition) is 9. The van der Waals surface area contributed by atoms with Crippen LogP contribution in [0.15, 0.2) is 41.6 Å². The Morgan fingerprint density at radius 1 is 1.03 bits per heavy atom. The van der Waals surface area contributed by atoms with E-state index in [1.165, 1.54) is 21.2 Å². The van der Waals surface area contributed by atoms with Crippen LogP contribution < -0.4 is 16.3 Å². The summed E-state index contributed by atoms with van der Waals surface area (Å²) >= 11 is 0. The number of rotatable bonds is 5. The minimum Gasteiger partial charge on any atom is -0.368 e. The first-order valence-electron chi connectivity index (χ1n) is 11.7. The van der Waals surface area contributed by atoms with Gasteiger partial charge in [-0.25, -0.2) is 23.5 Å². The van der Waals surface area contributed by atoms with Crippen molar-refractivity contribution in [3.05, 3.63) is 58.9 Å². The molecular weight excluding hydrogens is 484 g/mol. The average molecular weight is 508 g/mol. The van der Waals surface area contributed by atoms with E-state index in [1.54, 1.807) is 30.2 Å². The number of aryl methyl sites for hydroxylation is 1. The summed E-state index contributed by atoms with van der Waals surface area (Å²) in [7, 11) is 1.66. The summed E-state index contributed by atoms with van der Waals surface area (Å²) in [6.07, 6.45) is 4.64. The number of fused-ring (bicyclic) bond motifs is 3. The third-order valence-electron chi connectivity index (χ3n) is 6.63. The highest BCUT2D eigenvalue weighted by Gasteiger charge is 2.23. The molecule has 0 amide bonds. The lowest BCUT2D eigenvalue weighted by atomic mass is 10.2. The lowest BCUT2D eigenvalue weighted by Gasteiger charge is -2.36. The molecule has 1 aromatic carbocycles. The molecule has 5 heterocycles. The van der Waals surface area contributed by atoms with E-state index in [2.05, 4.69) is 29.9 Å². The summed E-state index contributed by atoms with van der Waals surface area (Å²) in [6, 6.07) is 3.63. The first-order valence-corrected chi connectivity index (χ1v) is 11.7. The van der Waals surface area contributed by atoms with Crippen molar-refractivity contribution in [1.82, 2.24) is 43.6 Å². The SMILES string of the molecule is Cn1c(=O)n(CCN2CCN(c3ccc(F)cc3F)CC2)c2nc(N)n3nc(-c4cnccn4)nc3c21. The van der Waals surface area contributed by atoms with Crippen LogP contribution in [0, 0.1) is 11.6 Å². The topological polar surface area (TPSA) is 128 Å². The van der Waals surface area contributed by atoms with Gasteiger partial charge < -0.3 is 10.6 Å². The highest BCUT2D eigenvalue weighted by Crippen LogP contribution is 2.23. The Morgan fingerprint density at radius 3 is 2.57 bits per heavy atom. The summed E-state index contributed by atoms with van der Waals surface area (Å²) in [5.41, 5.74) is 8.15. The van der Waals surface area contributed by atoms with Gasteiger partial charge >= 0.3 is 5.69 Å². The number of imidazole rings is 1. The molecule has 12 nitrogen and oxygen atoms in total. The molecular formula is C23H23F2N11O. The normalized spacial score (nSPS) is 14.7. The second-order valence-electron chi connectivity index (χ2n) is 8.82. The second-order valence-corrected chi connectivity index (χ2v) is 8.82. The zero-order valence-corrected chi connectivity index (χ0v) is 19.9. The Morgan fingerprint density at radius 2 is 1.84 bits per heavy atom. The highest BCUT2D eigenvalue weighted by molar-refractivity contribution is 5.88. The molecule has 1 aliphatic heterocycles. The highest BCUT2D eigenvalue weighted by atomic mass is 19.1. The average Bonchev–Trinajstić information content (AvgIpc) is 3.44. The molecule has 5 aromatic rings. The van der Waals surface area contributed by atoms with Gasteiger partial charge in [0.25, 0.3) is 0 Å². The standard InChI is InChI=1S/C23H23F2N11O/c1-32-18-20(30-22(26)36-21(18)29-19(31-36)16-13-27-4-5-28-16)35(23(32)37)11-8-33-6-9-34(10-7-33)17-3-2-14(24)12-15(17)25/h2-5,12-13H,6-11H2,1H3,(H2,26,30). The summed E-state index contributed by atoms with van der Waals surface area (Å²) in [6.45, 7) is 3.48. The Kier molecular flexibility index (Phi) is 5.52. The first kappa shape index (κ1) is 23.0. The number of anilines is 2. The van der Waals surface area contributed by atoms with E-state index in [9.17, 15) is 13.6 Å². The molecule has 0 saturated carbocycles. The van der Waals surface area contributed by atoms with Crippen LogP contribution in [-0.2, 0) is 13.6 Å². The van der Waals surface area contributed by atoms with Crippen molar-refractivity contribution in [3.8, 4) is 11.5 Å². The van der Waals surface area contributed by atoms with Crippen molar-refractivity contribution in [2.75, 3.05) is 43.4 Å². The van der Waals surface area contributed by atoms with Crippen LogP contribution in [0.4, 0.5) is 20.4 Å². The van der Waals surface area contributed by atoms with Gasteiger partial charge in [-0.2, -0.15) is 9.50 Å². The summed E-state index contributed by atoms with van der Waals surface area (Å²) in [5.74, 6) is -0.742. The Hall–Kier alpha value is -4.46. The molecule has 1 saturated heterocycles. The predicted octanol–water partition coefficient (Wildman–Crippen LogP) is 0.917. The number of benzene rings is 1. The minimum absolute atomic E-state index is 0.0967. The molecule has 1 aliphatic rings. The monoisotopic (exact) mass is 507 g/mol. The Balaban J connectivity index is 1.24. The number of halogens is 2. The number of hydrogen-bond donors (Lipinski definition) is 1. The predicted molar refractivity (Wildman–Crippen MR) is 132 cm³/mol. The van der Waals surface area contributed by atoms with Crippen LogP contribution in [0.25, 0.3) is 28.3 Å². The van der Waals surface area contributed by atoms with Gasteiger partial charge in [-0.3, -0.25) is 19.0 Å². The lowest BCUT2D eigenvalue weighted by molar-refractivity contribution is 0.247. The van der Waals surface area contributed by atoms with Gasteiger partial charge in [-0.1, -0.05) is 0 Å². The maximum Gasteiger partial charge on any atom is 0.330 e. The Bertz CT molecular complexity index is 1670. The zero-order chi connectivity index (χ0) is 25.7. The molecule has 0 radical (unpaired) electrons. The molecule has 14 heteroatoms. The molecule has 190 valence electrons. The summed E-state index contributed by atoms with van der Waals surface area (Å²) in [5, 5.41) is 4.41. The van der Waals surface area contributed by atoms with E-state index in [0.29, 0.717) is 73.3 Å². The fourth-order valence-electron chi connectivity index (χ4n) is 4.71. The van der Waals surface area contributed by atoms with E-state index < -0.39 is 11.6 Å². The third kappa shape index (κ3) is 3.94. The van der Waals surface area contributed by atoms with Crippen LogP contribution in [-0.4, -0.2) is 76.3 Å². The molecule has 4 aromatic heterocycles. The van der Waals surface area contributed by atoms with E-state index >= 15 is 0 Å². The first-order chi connectivity index (χ1) is 17.9. The van der Waals surface area contributed by atoms with Gasteiger partial charge in [0.15, 0.2) is 11.3 Å². The summed E-state index contributed by atoms with van der Waals surface area (Å²) in [4.78, 5) is 34.6. The van der Waals surface area contributed by atoms with Crippen molar-refractivity contribution >= 4 is 28.4 Å². The van der Waals surface area contributed by atoms with Crippen molar-refractivity contribution in [1.29, 1.82) is 0 Å². The van der Waals surface area contributed by atoms with Gasteiger partial charge in [0.2, 0.25) is 11.8 Å². The fourth-order valence-corrected chi connectivity index (χ4v) is 4.71. The zero-order valence-electron chi connectivity index (χ0n) is 19.9. The van der Waals surface area contributed by atoms with Gasteiger partial charge in [-0.15, -0.1) is 5.10 Å². The number of nitrogens with zero attached hydrogens (tertiary/aromatic N) is 10. The van der Waals surface area contributed by atoms with Crippen LogP contribution in [0.1, 0.15) is 0 Å². The van der Waals surface area contributed by atoms with Crippen molar-refractivity contribution in [2.24, 2.45) is 7.05 Å². The van der Waals surface area contributed by atoms with E-state index in [-0.39, 0.29) is 11.6 Å². The quantitative estimate of drug-likeness (QED) is 0.369. The maximum absolute atomic E-state index is 14.2. The molecule has 0 aliphatic carbocycles. The second kappa shape index (κ2) is 8.89. The maximum atomic E-state index is 14.2. The van der Waals surface area contributed by atoms with E-state index in [4.69, 9.17) is 5.73 Å². The minimum atomic E-state index is -0.594. The number of nitrogens with two attached hydrogens (primary N) is 1. The molecule has 1 fully saturated rings. The van der Waals surface area contributed by atoms with E-state index in [0.717, 1.165) is 6.07 Å². The number of piperazine rings is 1. The van der Waals surface area contributed by atoms with Crippen molar-refractivity contribution in [3.63, 3.8) is 0 Å². The lowest BCUT2D eigenvalue weighted by Crippen LogP contribution is -2.47. The van der Waals surface area contributed by atoms with Gasteiger partial charge in [0.1, 0.15) is 22.8 Å². The molecule has 0 spiro atoms. The van der Waals surface area contributed by atoms with Crippen LogP contribution in [0.2, 0.25) is 0 Å². The fraction of sp³-hybridized carbons (Fsp3) is 0.304. The van der Waals surface area contributed by atoms with Gasteiger partial charge in [0.05, 0.1) is 11.9 Å². The molecule has 0 unspecified atom stereocenters. The van der Waals surface area contributed by atoms with Crippen molar-refractivity contribution in [2.45, 2.75) is 6.54 Å². The van der Waals surface area contributed by atoms with Crippen LogP contribution >= 0.6 is 0 Å². The molecule has 0 bridgehead atoms. The molecule has 0 atom stereocenters. The largest absolute Gasteiger partial charge is 0.368 e. The molecule has 2 N–H and O–H groups in total. The summed E-state index contributed by atoms with van der Waals surface area (Å²) < 4.78 is 31.9. The van der Waals surface area contributed by atoms with Gasteiger partial charge in [0, 0.05) is 64.8 Å². The van der Waals surface area contributed by atoms with Crippen LogP contribution in [0.5, 0.6) is 0 Å². The van der Waals surface area contributed by atoms with Crippen LogP contribution in [0.3, 0.4) is 0 Å². The number of aromatic nitrogens is 8. The molecule has 6 rings (SSSR count). The smallest absolute Gasteiger partial charge is 0.330 e. The number of nitrogen functional groups attached to an aromatic ring is 1. The molecule has 37 heavy (non-hydrogen) atoms.